The molecule has 0 aliphatic rings. The van der Waals surface area contributed by atoms with Crippen molar-refractivity contribution in [2.75, 3.05) is 7.11 Å². The van der Waals surface area contributed by atoms with E-state index < -0.39 is 18.0 Å². The zero-order valence-corrected chi connectivity index (χ0v) is 7.81. The Bertz CT molecular complexity index is 350. The van der Waals surface area contributed by atoms with Gasteiger partial charge in [0.2, 0.25) is 0 Å². The second kappa shape index (κ2) is 4.06. The summed E-state index contributed by atoms with van der Waals surface area (Å²) in [6.45, 7) is 0. The van der Waals surface area contributed by atoms with Crippen LogP contribution in [0.2, 0.25) is 0 Å². The molecule has 0 radical (unpaired) electrons. The van der Waals surface area contributed by atoms with Crippen molar-refractivity contribution in [1.82, 2.24) is 0 Å². The molecule has 1 aromatic carbocycles. The summed E-state index contributed by atoms with van der Waals surface area (Å²) in [6, 6.07) is 0.560. The van der Waals surface area contributed by atoms with Gasteiger partial charge in [0.25, 0.3) is 0 Å². The molecule has 0 unspecified atom stereocenters. The molecule has 0 heterocycles. The van der Waals surface area contributed by atoms with Crippen molar-refractivity contribution in [3.8, 4) is 5.75 Å². The number of nitrogens with two attached hydrogens (primary N) is 1. The third-order valence-electron chi connectivity index (χ3n) is 1.88. The zero-order valence-electron chi connectivity index (χ0n) is 7.81. The van der Waals surface area contributed by atoms with Gasteiger partial charge in [0.05, 0.1) is 7.11 Å². The van der Waals surface area contributed by atoms with E-state index in [0.717, 1.165) is 25.3 Å². The van der Waals surface area contributed by atoms with E-state index in [1.807, 2.05) is 0 Å². The first-order valence-electron chi connectivity index (χ1n) is 4.02. The minimum absolute atomic E-state index is 0.208. The highest BCUT2D eigenvalue weighted by atomic mass is 19.4. The van der Waals surface area contributed by atoms with Gasteiger partial charge < -0.3 is 10.5 Å². The van der Waals surface area contributed by atoms with Crippen LogP contribution in [-0.4, -0.2) is 13.3 Å². The number of benzene rings is 1. The first-order chi connectivity index (χ1) is 6.86. The van der Waals surface area contributed by atoms with Gasteiger partial charge in [0.1, 0.15) is 17.6 Å². The van der Waals surface area contributed by atoms with Crippen molar-refractivity contribution in [1.29, 1.82) is 0 Å². The molecule has 0 fully saturated rings. The summed E-state index contributed by atoms with van der Waals surface area (Å²) >= 11 is 0. The summed E-state index contributed by atoms with van der Waals surface area (Å²) in [6.07, 6.45) is -4.58. The van der Waals surface area contributed by atoms with E-state index in [-0.39, 0.29) is 11.3 Å². The molecule has 0 aromatic heterocycles. The number of ether oxygens (including phenoxy) is 1. The average molecular weight is 223 g/mol. The summed E-state index contributed by atoms with van der Waals surface area (Å²) < 4.78 is 54.1. The SMILES string of the molecule is COc1cc(F)ccc1[C@H](N)C(F)(F)F. The quantitative estimate of drug-likeness (QED) is 0.781. The molecular formula is C9H9F4NO. The number of methoxy groups -OCH3 is 1. The van der Waals surface area contributed by atoms with E-state index in [9.17, 15) is 17.6 Å². The molecule has 6 heteroatoms. The fourth-order valence-electron chi connectivity index (χ4n) is 1.12. The van der Waals surface area contributed by atoms with E-state index in [1.165, 1.54) is 0 Å². The van der Waals surface area contributed by atoms with Gasteiger partial charge >= 0.3 is 6.18 Å². The monoisotopic (exact) mass is 223 g/mol. The van der Waals surface area contributed by atoms with Crippen LogP contribution in [0.1, 0.15) is 11.6 Å². The first-order valence-corrected chi connectivity index (χ1v) is 4.02. The van der Waals surface area contributed by atoms with Crippen molar-refractivity contribution >= 4 is 0 Å². The van der Waals surface area contributed by atoms with E-state index in [0.29, 0.717) is 0 Å². The lowest BCUT2D eigenvalue weighted by molar-refractivity contribution is -0.149. The summed E-state index contributed by atoms with van der Waals surface area (Å²) in [7, 11) is 1.15. The highest BCUT2D eigenvalue weighted by molar-refractivity contribution is 5.37. The van der Waals surface area contributed by atoms with Gasteiger partial charge in [-0.3, -0.25) is 0 Å². The molecule has 0 saturated heterocycles. The second-order valence-corrected chi connectivity index (χ2v) is 2.91. The lowest BCUT2D eigenvalue weighted by Gasteiger charge is -2.18. The van der Waals surface area contributed by atoms with E-state index in [1.54, 1.807) is 0 Å². The minimum Gasteiger partial charge on any atom is -0.496 e. The van der Waals surface area contributed by atoms with Gasteiger partial charge in [-0.2, -0.15) is 13.2 Å². The third kappa shape index (κ3) is 2.59. The molecule has 0 saturated carbocycles. The van der Waals surface area contributed by atoms with Crippen LogP contribution in [0.3, 0.4) is 0 Å². The van der Waals surface area contributed by atoms with Crippen molar-refractivity contribution in [3.63, 3.8) is 0 Å². The molecule has 0 spiro atoms. The Labute approximate surface area is 83.6 Å². The molecule has 1 aromatic rings. The number of alkyl halides is 3. The van der Waals surface area contributed by atoms with E-state index in [4.69, 9.17) is 5.73 Å². The fourth-order valence-corrected chi connectivity index (χ4v) is 1.12. The van der Waals surface area contributed by atoms with E-state index in [2.05, 4.69) is 4.74 Å². The van der Waals surface area contributed by atoms with Crippen molar-refractivity contribution in [2.45, 2.75) is 12.2 Å². The number of hydrogen-bond acceptors (Lipinski definition) is 2. The molecule has 0 amide bonds. The van der Waals surface area contributed by atoms with Gasteiger partial charge in [-0.15, -0.1) is 0 Å². The van der Waals surface area contributed by atoms with Gasteiger partial charge in [-0.25, -0.2) is 4.39 Å². The van der Waals surface area contributed by atoms with Crippen molar-refractivity contribution in [2.24, 2.45) is 5.73 Å². The van der Waals surface area contributed by atoms with Crippen LogP contribution in [0.15, 0.2) is 18.2 Å². The maximum atomic E-state index is 12.7. The fraction of sp³-hybridized carbons (Fsp3) is 0.333. The lowest BCUT2D eigenvalue weighted by Crippen LogP contribution is -2.28. The molecular weight excluding hydrogens is 214 g/mol. The highest BCUT2D eigenvalue weighted by Gasteiger charge is 2.39. The molecule has 15 heavy (non-hydrogen) atoms. The standard InChI is InChI=1S/C9H9F4NO/c1-15-7-4-5(10)2-3-6(7)8(14)9(11,12)13/h2-4,8H,14H2,1H3/t8-/m0/s1. The summed E-state index contributed by atoms with van der Waals surface area (Å²) in [4.78, 5) is 0. The Morgan fingerprint density at radius 2 is 1.93 bits per heavy atom. The van der Waals surface area contributed by atoms with Crippen molar-refractivity contribution < 1.29 is 22.3 Å². The Hall–Kier alpha value is -1.30. The predicted octanol–water partition coefficient (Wildman–Crippen LogP) is 2.40. The molecule has 0 bridgehead atoms. The van der Waals surface area contributed by atoms with Crippen LogP contribution in [-0.2, 0) is 0 Å². The Balaban J connectivity index is 3.14. The van der Waals surface area contributed by atoms with Crippen LogP contribution in [0.4, 0.5) is 17.6 Å². The maximum Gasteiger partial charge on any atom is 0.407 e. The summed E-state index contributed by atoms with van der Waals surface area (Å²) in [5, 5.41) is 0. The Morgan fingerprint density at radius 1 is 1.33 bits per heavy atom. The maximum absolute atomic E-state index is 12.7. The van der Waals surface area contributed by atoms with Gasteiger partial charge in [-0.1, -0.05) is 6.07 Å². The smallest absolute Gasteiger partial charge is 0.407 e. The Morgan fingerprint density at radius 3 is 2.40 bits per heavy atom. The summed E-state index contributed by atoms with van der Waals surface area (Å²) in [5.74, 6) is -0.884. The summed E-state index contributed by atoms with van der Waals surface area (Å²) in [5.41, 5.74) is 4.69. The van der Waals surface area contributed by atoms with Crippen LogP contribution in [0.25, 0.3) is 0 Å². The van der Waals surface area contributed by atoms with Gasteiger partial charge in [-0.05, 0) is 6.07 Å². The Kier molecular flexibility index (Phi) is 3.18. The zero-order chi connectivity index (χ0) is 11.6. The third-order valence-corrected chi connectivity index (χ3v) is 1.88. The van der Waals surface area contributed by atoms with Crippen LogP contribution in [0, 0.1) is 5.82 Å². The van der Waals surface area contributed by atoms with Crippen LogP contribution >= 0.6 is 0 Å². The average Bonchev–Trinajstić information content (AvgIpc) is 2.15. The van der Waals surface area contributed by atoms with Gasteiger partial charge in [0, 0.05) is 11.6 Å². The molecule has 2 nitrogen and oxygen atoms in total. The molecule has 1 rings (SSSR count). The molecule has 1 atom stereocenters. The molecule has 0 aliphatic carbocycles. The molecule has 2 N–H and O–H groups in total. The molecule has 0 aliphatic heterocycles. The minimum atomic E-state index is -4.58. The number of rotatable bonds is 2. The number of hydrogen-bond donors (Lipinski definition) is 1. The first kappa shape index (κ1) is 11.8. The van der Waals surface area contributed by atoms with Crippen LogP contribution < -0.4 is 10.5 Å². The van der Waals surface area contributed by atoms with E-state index >= 15 is 0 Å². The predicted molar refractivity (Wildman–Crippen MR) is 45.9 cm³/mol. The topological polar surface area (TPSA) is 35.2 Å². The second-order valence-electron chi connectivity index (χ2n) is 2.91. The largest absolute Gasteiger partial charge is 0.496 e. The molecule has 84 valence electrons. The van der Waals surface area contributed by atoms with Crippen LogP contribution in [0.5, 0.6) is 5.75 Å². The highest BCUT2D eigenvalue weighted by Crippen LogP contribution is 2.35. The van der Waals surface area contributed by atoms with Crippen molar-refractivity contribution in [3.05, 3.63) is 29.6 Å². The lowest BCUT2D eigenvalue weighted by atomic mass is 10.1. The van der Waals surface area contributed by atoms with Gasteiger partial charge in [0.15, 0.2) is 0 Å². The number of halogens is 4. The normalized spacial score (nSPS) is 13.7.